The third kappa shape index (κ3) is 2.20. The molecule has 2 saturated carbocycles. The molecule has 0 spiro atoms. The summed E-state index contributed by atoms with van der Waals surface area (Å²) < 4.78 is 0. The summed E-state index contributed by atoms with van der Waals surface area (Å²) in [6.07, 6.45) is 7.36. The van der Waals surface area contributed by atoms with Gasteiger partial charge in [-0.15, -0.1) is 0 Å². The molecular weight excluding hydrogens is 232 g/mol. The number of fused-ring (bicyclic) bond motifs is 1. The van der Waals surface area contributed by atoms with Crippen LogP contribution in [0.2, 0.25) is 0 Å². The summed E-state index contributed by atoms with van der Waals surface area (Å²) >= 11 is 0. The normalized spacial score (nSPS) is 36.4. The zero-order valence-corrected chi connectivity index (χ0v) is 12.4. The maximum Gasteiger partial charge on any atom is 0.0541 e. The SMILES string of the molecule is CC1(C)CCC(NCc2ccccn2)C2(C)CCC12. The van der Waals surface area contributed by atoms with Gasteiger partial charge in [0.05, 0.1) is 5.69 Å². The van der Waals surface area contributed by atoms with E-state index in [0.717, 1.165) is 18.2 Å². The molecule has 0 bridgehead atoms. The number of nitrogens with one attached hydrogen (secondary N) is 1. The Morgan fingerprint density at radius 3 is 2.68 bits per heavy atom. The van der Waals surface area contributed by atoms with Crippen LogP contribution in [0.5, 0.6) is 0 Å². The molecule has 2 aliphatic carbocycles. The van der Waals surface area contributed by atoms with Crippen molar-refractivity contribution >= 4 is 0 Å². The highest BCUT2D eigenvalue weighted by Gasteiger charge is 2.56. The van der Waals surface area contributed by atoms with Crippen molar-refractivity contribution < 1.29 is 0 Å². The molecule has 2 aliphatic rings. The first kappa shape index (κ1) is 13.1. The Morgan fingerprint density at radius 1 is 1.21 bits per heavy atom. The molecule has 1 heterocycles. The van der Waals surface area contributed by atoms with Crippen LogP contribution < -0.4 is 5.32 Å². The number of nitrogens with zero attached hydrogens (tertiary/aromatic N) is 1. The minimum absolute atomic E-state index is 0.510. The largest absolute Gasteiger partial charge is 0.308 e. The van der Waals surface area contributed by atoms with E-state index >= 15 is 0 Å². The van der Waals surface area contributed by atoms with Crippen LogP contribution in [0.4, 0.5) is 0 Å². The molecule has 2 nitrogen and oxygen atoms in total. The number of hydrogen-bond donors (Lipinski definition) is 1. The summed E-state index contributed by atoms with van der Waals surface area (Å²) in [6, 6.07) is 6.83. The Bertz CT molecular complexity index is 440. The number of hydrogen-bond acceptors (Lipinski definition) is 2. The van der Waals surface area contributed by atoms with Crippen LogP contribution in [-0.4, -0.2) is 11.0 Å². The van der Waals surface area contributed by atoms with Crippen molar-refractivity contribution in [1.29, 1.82) is 0 Å². The van der Waals surface area contributed by atoms with Gasteiger partial charge in [-0.1, -0.05) is 26.8 Å². The van der Waals surface area contributed by atoms with Crippen LogP contribution in [0.3, 0.4) is 0 Å². The smallest absolute Gasteiger partial charge is 0.0541 e. The summed E-state index contributed by atoms with van der Waals surface area (Å²) in [5.74, 6) is 0.898. The molecular formula is C17H26N2. The van der Waals surface area contributed by atoms with Crippen LogP contribution in [0.1, 0.15) is 52.1 Å². The zero-order valence-electron chi connectivity index (χ0n) is 12.4. The van der Waals surface area contributed by atoms with Crippen molar-refractivity contribution in [3.8, 4) is 0 Å². The van der Waals surface area contributed by atoms with Gasteiger partial charge < -0.3 is 5.32 Å². The maximum absolute atomic E-state index is 4.41. The molecule has 1 N–H and O–H groups in total. The summed E-state index contributed by atoms with van der Waals surface area (Å²) in [5.41, 5.74) is 2.21. The van der Waals surface area contributed by atoms with E-state index in [1.54, 1.807) is 0 Å². The summed E-state index contributed by atoms with van der Waals surface area (Å²) in [5, 5.41) is 3.79. The highest BCUT2D eigenvalue weighted by Crippen LogP contribution is 2.62. The zero-order chi connectivity index (χ0) is 13.5. The highest BCUT2D eigenvalue weighted by molar-refractivity contribution is 5.10. The Balaban J connectivity index is 1.66. The summed E-state index contributed by atoms with van der Waals surface area (Å²) in [7, 11) is 0. The first-order valence-corrected chi connectivity index (χ1v) is 7.66. The fourth-order valence-corrected chi connectivity index (χ4v) is 4.53. The predicted molar refractivity (Wildman–Crippen MR) is 78.7 cm³/mol. The molecule has 2 fully saturated rings. The Morgan fingerprint density at radius 2 is 2.05 bits per heavy atom. The second-order valence-corrected chi connectivity index (χ2v) is 7.38. The fraction of sp³-hybridized carbons (Fsp3) is 0.706. The monoisotopic (exact) mass is 258 g/mol. The lowest BCUT2D eigenvalue weighted by Gasteiger charge is -2.62. The predicted octanol–water partition coefficient (Wildman–Crippen LogP) is 3.78. The summed E-state index contributed by atoms with van der Waals surface area (Å²) in [4.78, 5) is 4.41. The van der Waals surface area contributed by atoms with Crippen molar-refractivity contribution in [2.24, 2.45) is 16.7 Å². The maximum atomic E-state index is 4.41. The van der Waals surface area contributed by atoms with Gasteiger partial charge in [-0.05, 0) is 54.6 Å². The second-order valence-electron chi connectivity index (χ2n) is 7.38. The molecule has 0 aliphatic heterocycles. The Kier molecular flexibility index (Phi) is 3.17. The van der Waals surface area contributed by atoms with Gasteiger partial charge in [-0.25, -0.2) is 0 Å². The molecule has 19 heavy (non-hydrogen) atoms. The minimum Gasteiger partial charge on any atom is -0.308 e. The van der Waals surface area contributed by atoms with E-state index in [4.69, 9.17) is 0 Å². The topological polar surface area (TPSA) is 24.9 Å². The lowest BCUT2D eigenvalue weighted by Crippen LogP contribution is -2.60. The molecule has 0 saturated heterocycles. The molecule has 1 aromatic rings. The average Bonchev–Trinajstić information content (AvgIpc) is 2.36. The van der Waals surface area contributed by atoms with Crippen LogP contribution >= 0.6 is 0 Å². The van der Waals surface area contributed by atoms with Gasteiger partial charge in [0.1, 0.15) is 0 Å². The van der Waals surface area contributed by atoms with E-state index in [9.17, 15) is 0 Å². The molecule has 0 aromatic carbocycles. The number of rotatable bonds is 3. The first-order chi connectivity index (χ1) is 9.02. The number of pyridine rings is 1. The Labute approximate surface area is 117 Å². The van der Waals surface area contributed by atoms with Gasteiger partial charge in [0.25, 0.3) is 0 Å². The van der Waals surface area contributed by atoms with Crippen LogP contribution in [0.15, 0.2) is 24.4 Å². The second kappa shape index (κ2) is 4.59. The van der Waals surface area contributed by atoms with E-state index in [-0.39, 0.29) is 0 Å². The lowest BCUT2D eigenvalue weighted by molar-refractivity contribution is -0.107. The quantitative estimate of drug-likeness (QED) is 0.892. The molecule has 1 aromatic heterocycles. The van der Waals surface area contributed by atoms with Crippen molar-refractivity contribution in [1.82, 2.24) is 10.3 Å². The average molecular weight is 258 g/mol. The highest BCUT2D eigenvalue weighted by atomic mass is 15.0. The molecule has 3 unspecified atom stereocenters. The van der Waals surface area contributed by atoms with Crippen molar-refractivity contribution in [2.75, 3.05) is 0 Å². The van der Waals surface area contributed by atoms with Gasteiger partial charge in [0, 0.05) is 18.8 Å². The number of aromatic nitrogens is 1. The van der Waals surface area contributed by atoms with Crippen molar-refractivity contribution in [3.63, 3.8) is 0 Å². The van der Waals surface area contributed by atoms with Crippen LogP contribution in [0.25, 0.3) is 0 Å². The van der Waals surface area contributed by atoms with Gasteiger partial charge in [-0.2, -0.15) is 0 Å². The van der Waals surface area contributed by atoms with Crippen molar-refractivity contribution in [3.05, 3.63) is 30.1 Å². The standard InChI is InChI=1S/C17H26N2/c1-16(2)9-8-15(17(3)10-7-14(16)17)19-12-13-6-4-5-11-18-13/h4-6,11,14-15,19H,7-10,12H2,1-3H3. The van der Waals surface area contributed by atoms with Gasteiger partial charge in [-0.3, -0.25) is 4.98 Å². The van der Waals surface area contributed by atoms with E-state index in [2.05, 4.69) is 43.2 Å². The summed E-state index contributed by atoms with van der Waals surface area (Å²) in [6.45, 7) is 8.33. The molecule has 104 valence electrons. The van der Waals surface area contributed by atoms with E-state index in [1.165, 1.54) is 25.7 Å². The van der Waals surface area contributed by atoms with Crippen LogP contribution in [0, 0.1) is 16.7 Å². The molecule has 3 rings (SSSR count). The van der Waals surface area contributed by atoms with Gasteiger partial charge in [0.15, 0.2) is 0 Å². The van der Waals surface area contributed by atoms with E-state index in [1.807, 2.05) is 12.3 Å². The van der Waals surface area contributed by atoms with Crippen LogP contribution in [-0.2, 0) is 6.54 Å². The minimum atomic E-state index is 0.510. The van der Waals surface area contributed by atoms with Gasteiger partial charge >= 0.3 is 0 Å². The van der Waals surface area contributed by atoms with Crippen molar-refractivity contribution in [2.45, 2.75) is 59.0 Å². The third-order valence-corrected chi connectivity index (χ3v) is 5.84. The van der Waals surface area contributed by atoms with E-state index < -0.39 is 0 Å². The third-order valence-electron chi connectivity index (χ3n) is 5.84. The molecule has 2 heteroatoms. The van der Waals surface area contributed by atoms with E-state index in [0.29, 0.717) is 16.9 Å². The van der Waals surface area contributed by atoms with Gasteiger partial charge in [0.2, 0.25) is 0 Å². The molecule has 0 amide bonds. The fourth-order valence-electron chi connectivity index (χ4n) is 4.53. The first-order valence-electron chi connectivity index (χ1n) is 7.66. The molecule has 0 radical (unpaired) electrons. The molecule has 3 atom stereocenters. The Hall–Kier alpha value is -0.890. The lowest BCUT2D eigenvalue weighted by atomic mass is 9.45.